The minimum Gasteiger partial charge on any atom is -0.382 e. The van der Waals surface area contributed by atoms with Gasteiger partial charge in [0.05, 0.1) is 18.8 Å². The first-order chi connectivity index (χ1) is 19.5. The van der Waals surface area contributed by atoms with Gasteiger partial charge in [0.1, 0.15) is 6.79 Å². The van der Waals surface area contributed by atoms with Gasteiger partial charge in [0.25, 0.3) is 5.60 Å². The maximum atomic E-state index is 13.6. The predicted molar refractivity (Wildman–Crippen MR) is 117 cm³/mol. The summed E-state index contributed by atoms with van der Waals surface area (Å²) in [5.74, 6) is -13.2. The van der Waals surface area contributed by atoms with Gasteiger partial charge < -0.3 is 18.9 Å². The second-order valence-electron chi connectivity index (χ2n) is 10.8. The van der Waals surface area contributed by atoms with E-state index in [0.717, 1.165) is 19.9 Å². The van der Waals surface area contributed by atoms with Gasteiger partial charge in [0, 0.05) is 12.5 Å². The fourth-order valence-corrected chi connectivity index (χ4v) is 5.31. The molecule has 2 unspecified atom stereocenters. The van der Waals surface area contributed by atoms with Crippen molar-refractivity contribution < 1.29 is 89.2 Å². The molecular formula is C24H26F16O4. The van der Waals surface area contributed by atoms with Crippen LogP contribution in [0.4, 0.5) is 70.2 Å². The third-order valence-electron chi connectivity index (χ3n) is 7.35. The quantitative estimate of drug-likeness (QED) is 0.106. The normalized spacial score (nSPS) is 25.4. The average molecular weight is 682 g/mol. The van der Waals surface area contributed by atoms with E-state index in [4.69, 9.17) is 4.74 Å². The summed E-state index contributed by atoms with van der Waals surface area (Å²) < 4.78 is 227. The lowest BCUT2D eigenvalue weighted by Crippen LogP contribution is -2.70. The second kappa shape index (κ2) is 11.8. The minimum atomic E-state index is -6.67. The standard InChI is InChI=1S/C14H18F6O3.C10H8F10O/c1-21-6-7-22-9-23-12(13(15,16)17,14(18,19)20)11-4-2-10(8-11)3-5-11;1-5(2)3-4-6(21-5,7(11,12)9(15,16)17)8(13,14)10(18,19)20/h2,4,10H,3,5-9H2,1H3;3-4H,1-2H3. The maximum Gasteiger partial charge on any atom is 0.457 e. The van der Waals surface area contributed by atoms with Gasteiger partial charge in [-0.05, 0) is 45.1 Å². The summed E-state index contributed by atoms with van der Waals surface area (Å²) in [4.78, 5) is 0. The van der Waals surface area contributed by atoms with E-state index >= 15 is 0 Å². The van der Waals surface area contributed by atoms with Crippen LogP contribution < -0.4 is 0 Å². The fraction of sp³-hybridized carbons (Fsp3) is 0.833. The Kier molecular flexibility index (Phi) is 10.3. The summed E-state index contributed by atoms with van der Waals surface area (Å²) in [6.07, 6.45) is -22.5. The molecule has 20 heteroatoms. The second-order valence-corrected chi connectivity index (χ2v) is 10.8. The van der Waals surface area contributed by atoms with Crippen LogP contribution in [0.1, 0.15) is 33.1 Å². The molecule has 0 aromatic rings. The van der Waals surface area contributed by atoms with Gasteiger partial charge in [-0.1, -0.05) is 18.2 Å². The zero-order chi connectivity index (χ0) is 34.5. The van der Waals surface area contributed by atoms with Crippen LogP contribution in [0.2, 0.25) is 0 Å². The van der Waals surface area contributed by atoms with Crippen LogP contribution in [0.15, 0.2) is 24.3 Å². The first-order valence-electron chi connectivity index (χ1n) is 12.3. The fourth-order valence-electron chi connectivity index (χ4n) is 5.31. The number of alkyl halides is 16. The zero-order valence-electron chi connectivity index (χ0n) is 22.8. The van der Waals surface area contributed by atoms with Gasteiger partial charge in [-0.3, -0.25) is 0 Å². The van der Waals surface area contributed by atoms with E-state index < -0.39 is 71.6 Å². The highest BCUT2D eigenvalue weighted by Gasteiger charge is 2.86. The molecule has 2 aliphatic carbocycles. The van der Waals surface area contributed by atoms with E-state index in [9.17, 15) is 70.2 Å². The van der Waals surface area contributed by atoms with Gasteiger partial charge in [-0.2, -0.15) is 70.2 Å². The molecule has 0 N–H and O–H groups in total. The number of fused-ring (bicyclic) bond motifs is 2. The number of allylic oxidation sites excluding steroid dienone is 1. The molecule has 1 saturated carbocycles. The Bertz CT molecular complexity index is 1010. The molecule has 0 radical (unpaired) electrons. The molecule has 2 atom stereocenters. The Hall–Kier alpha value is -1.80. The van der Waals surface area contributed by atoms with Crippen LogP contribution in [-0.2, 0) is 18.9 Å². The van der Waals surface area contributed by atoms with Crippen molar-refractivity contribution in [3.63, 3.8) is 0 Å². The monoisotopic (exact) mass is 682 g/mol. The molecule has 2 bridgehead atoms. The number of hydrogen-bond donors (Lipinski definition) is 0. The zero-order valence-corrected chi connectivity index (χ0v) is 22.8. The molecule has 0 aromatic carbocycles. The van der Waals surface area contributed by atoms with E-state index in [2.05, 4.69) is 14.2 Å². The van der Waals surface area contributed by atoms with Gasteiger partial charge >= 0.3 is 36.6 Å². The Balaban J connectivity index is 0.000000308. The molecule has 258 valence electrons. The van der Waals surface area contributed by atoms with Crippen LogP contribution >= 0.6 is 0 Å². The maximum absolute atomic E-state index is 13.6. The Morgan fingerprint density at radius 2 is 1.20 bits per heavy atom. The topological polar surface area (TPSA) is 36.9 Å². The lowest BCUT2D eigenvalue weighted by Gasteiger charge is -2.47. The van der Waals surface area contributed by atoms with Crippen molar-refractivity contribution in [1.29, 1.82) is 0 Å². The summed E-state index contributed by atoms with van der Waals surface area (Å²) in [6.45, 7) is 0.312. The third-order valence-corrected chi connectivity index (χ3v) is 7.35. The summed E-state index contributed by atoms with van der Waals surface area (Å²) in [5.41, 5.74) is -13.8. The SMILES string of the molecule is CC1(C)C=CC(C(F)(F)C(F)(F)F)(C(F)(F)C(F)(F)F)O1.COCCOCOC(C(F)(F)F)(C(F)(F)F)C12C=CC(CC1)C2. The highest BCUT2D eigenvalue weighted by atomic mass is 19.4. The number of methoxy groups -OCH3 is 1. The van der Waals surface area contributed by atoms with Gasteiger partial charge in [-0.25, -0.2) is 0 Å². The molecule has 1 aliphatic heterocycles. The third kappa shape index (κ3) is 6.28. The molecule has 0 spiro atoms. The molecule has 0 aromatic heterocycles. The van der Waals surface area contributed by atoms with Crippen molar-refractivity contribution in [3.05, 3.63) is 24.3 Å². The van der Waals surface area contributed by atoms with Crippen LogP contribution in [0.3, 0.4) is 0 Å². The Labute approximate surface area is 239 Å². The van der Waals surface area contributed by atoms with Gasteiger partial charge in [0.2, 0.25) is 5.60 Å². The lowest BCUT2D eigenvalue weighted by atomic mass is 9.70. The summed E-state index contributed by atoms with van der Waals surface area (Å²) in [7, 11) is 1.33. The molecule has 1 heterocycles. The number of ether oxygens (including phenoxy) is 4. The summed E-state index contributed by atoms with van der Waals surface area (Å²) in [5, 5.41) is 0. The molecule has 1 fully saturated rings. The largest absolute Gasteiger partial charge is 0.457 e. The van der Waals surface area contributed by atoms with Crippen molar-refractivity contribution in [2.75, 3.05) is 27.1 Å². The molecule has 3 rings (SSSR count). The predicted octanol–water partition coefficient (Wildman–Crippen LogP) is 8.33. The van der Waals surface area contributed by atoms with Gasteiger partial charge in [-0.15, -0.1) is 0 Å². The molecule has 3 aliphatic rings. The van der Waals surface area contributed by atoms with Crippen molar-refractivity contribution in [1.82, 2.24) is 0 Å². The average Bonchev–Trinajstić information content (AvgIpc) is 3.52. The highest BCUT2D eigenvalue weighted by molar-refractivity contribution is 5.29. The smallest absolute Gasteiger partial charge is 0.382 e. The van der Waals surface area contributed by atoms with E-state index in [1.54, 1.807) is 0 Å². The highest BCUT2D eigenvalue weighted by Crippen LogP contribution is 2.66. The van der Waals surface area contributed by atoms with Crippen molar-refractivity contribution in [3.8, 4) is 0 Å². The van der Waals surface area contributed by atoms with E-state index in [-0.39, 0.29) is 38.4 Å². The van der Waals surface area contributed by atoms with E-state index in [1.807, 2.05) is 0 Å². The summed E-state index contributed by atoms with van der Waals surface area (Å²) in [6, 6.07) is 0. The Morgan fingerprint density at radius 1 is 0.705 bits per heavy atom. The van der Waals surface area contributed by atoms with Crippen molar-refractivity contribution in [2.24, 2.45) is 11.3 Å². The number of hydrogen-bond acceptors (Lipinski definition) is 4. The van der Waals surface area contributed by atoms with Crippen LogP contribution in [0.25, 0.3) is 0 Å². The van der Waals surface area contributed by atoms with E-state index in [0.29, 0.717) is 6.08 Å². The molecule has 44 heavy (non-hydrogen) atoms. The first-order valence-corrected chi connectivity index (χ1v) is 12.3. The molecule has 0 saturated heterocycles. The molecular weight excluding hydrogens is 656 g/mol. The van der Waals surface area contributed by atoms with Crippen LogP contribution in [0.5, 0.6) is 0 Å². The van der Waals surface area contributed by atoms with Crippen molar-refractivity contribution >= 4 is 0 Å². The molecule has 0 amide bonds. The van der Waals surface area contributed by atoms with Crippen molar-refractivity contribution in [2.45, 2.75) is 86.5 Å². The van der Waals surface area contributed by atoms with Crippen LogP contribution in [0, 0.1) is 11.3 Å². The Morgan fingerprint density at radius 3 is 1.50 bits per heavy atom. The lowest BCUT2D eigenvalue weighted by molar-refractivity contribution is -0.421. The molecule has 4 nitrogen and oxygen atoms in total. The van der Waals surface area contributed by atoms with Crippen LogP contribution in [-0.4, -0.2) is 80.5 Å². The van der Waals surface area contributed by atoms with Gasteiger partial charge in [0.15, 0.2) is 0 Å². The summed E-state index contributed by atoms with van der Waals surface area (Å²) >= 11 is 0. The first kappa shape index (κ1) is 38.4. The minimum absolute atomic E-state index is 0.0432. The number of halogens is 16. The van der Waals surface area contributed by atoms with E-state index in [1.165, 1.54) is 13.2 Å². The number of rotatable bonds is 9.